The van der Waals surface area contributed by atoms with Crippen LogP contribution in [-0.4, -0.2) is 68.3 Å². The highest BCUT2D eigenvalue weighted by Gasteiger charge is 2.30. The van der Waals surface area contributed by atoms with Crippen molar-refractivity contribution in [3.05, 3.63) is 0 Å². The van der Waals surface area contributed by atoms with Gasteiger partial charge in [-0.2, -0.15) is 13.2 Å². The highest BCUT2D eigenvalue weighted by molar-refractivity contribution is 4.69. The van der Waals surface area contributed by atoms with Gasteiger partial charge in [-0.1, -0.05) is 6.92 Å². The molecular weight excluding hydrogens is 243 g/mol. The highest BCUT2D eigenvalue weighted by atomic mass is 19.4. The molecule has 0 amide bonds. The molecule has 0 radical (unpaired) electrons. The molecule has 0 saturated carbocycles. The highest BCUT2D eigenvalue weighted by Crippen LogP contribution is 2.16. The van der Waals surface area contributed by atoms with Gasteiger partial charge in [0.25, 0.3) is 0 Å². The monoisotopic (exact) mass is 267 g/mol. The zero-order valence-corrected chi connectivity index (χ0v) is 11.1. The van der Waals surface area contributed by atoms with Crippen LogP contribution in [0.3, 0.4) is 0 Å². The van der Waals surface area contributed by atoms with Gasteiger partial charge in [0.1, 0.15) is 0 Å². The average Bonchev–Trinajstić information content (AvgIpc) is 2.52. The van der Waals surface area contributed by atoms with E-state index in [4.69, 9.17) is 0 Å². The second-order valence-corrected chi connectivity index (χ2v) is 4.84. The summed E-state index contributed by atoms with van der Waals surface area (Å²) < 4.78 is 37.2. The number of hydrogen-bond acceptors (Lipinski definition) is 3. The normalized spacial score (nSPS) is 19.2. The van der Waals surface area contributed by atoms with E-state index in [0.717, 1.165) is 45.6 Å². The Kier molecular flexibility index (Phi) is 6.96. The fraction of sp³-hybridized carbons (Fsp3) is 1.00. The second kappa shape index (κ2) is 7.96. The molecule has 0 aromatic rings. The molecule has 0 atom stereocenters. The Morgan fingerprint density at radius 3 is 2.61 bits per heavy atom. The van der Waals surface area contributed by atoms with Gasteiger partial charge >= 0.3 is 6.18 Å². The van der Waals surface area contributed by atoms with Crippen LogP contribution in [0.25, 0.3) is 0 Å². The third-order valence-corrected chi connectivity index (χ3v) is 3.11. The molecule has 6 heteroatoms. The molecule has 3 nitrogen and oxygen atoms in total. The van der Waals surface area contributed by atoms with Crippen LogP contribution >= 0.6 is 0 Å². The summed E-state index contributed by atoms with van der Waals surface area (Å²) in [6.07, 6.45) is -2.25. The van der Waals surface area contributed by atoms with Crippen LogP contribution in [0.1, 0.15) is 19.8 Å². The molecular formula is C12H24F3N3. The minimum Gasteiger partial charge on any atom is -0.315 e. The topological polar surface area (TPSA) is 18.5 Å². The quantitative estimate of drug-likeness (QED) is 0.788. The Labute approximate surface area is 107 Å². The van der Waals surface area contributed by atoms with E-state index >= 15 is 0 Å². The third-order valence-electron chi connectivity index (χ3n) is 3.11. The molecule has 1 aliphatic heterocycles. The van der Waals surface area contributed by atoms with Gasteiger partial charge < -0.3 is 10.2 Å². The van der Waals surface area contributed by atoms with Gasteiger partial charge in [-0.3, -0.25) is 4.90 Å². The number of halogens is 3. The Balaban J connectivity index is 2.31. The first-order chi connectivity index (χ1) is 8.51. The number of alkyl halides is 3. The molecule has 1 heterocycles. The predicted octanol–water partition coefficient (Wildman–Crippen LogP) is 1.56. The molecule has 1 N–H and O–H groups in total. The number of rotatable bonds is 6. The molecule has 1 rings (SSSR count). The van der Waals surface area contributed by atoms with Crippen molar-refractivity contribution in [1.82, 2.24) is 15.1 Å². The summed E-state index contributed by atoms with van der Waals surface area (Å²) in [6, 6.07) is 0. The zero-order valence-electron chi connectivity index (χ0n) is 11.1. The van der Waals surface area contributed by atoms with Gasteiger partial charge in [-0.05, 0) is 32.5 Å². The van der Waals surface area contributed by atoms with Crippen LogP contribution in [0, 0.1) is 0 Å². The molecule has 0 aromatic carbocycles. The van der Waals surface area contributed by atoms with E-state index in [1.54, 1.807) is 0 Å². The number of hydrogen-bond donors (Lipinski definition) is 1. The minimum absolute atomic E-state index is 0.507. The lowest BCUT2D eigenvalue weighted by Crippen LogP contribution is -2.41. The summed E-state index contributed by atoms with van der Waals surface area (Å²) in [5.41, 5.74) is 0. The van der Waals surface area contributed by atoms with Gasteiger partial charge in [0.15, 0.2) is 0 Å². The fourth-order valence-electron chi connectivity index (χ4n) is 2.25. The van der Waals surface area contributed by atoms with Gasteiger partial charge in [0, 0.05) is 26.2 Å². The number of nitrogens with zero attached hydrogens (tertiary/aromatic N) is 2. The maximum Gasteiger partial charge on any atom is 0.401 e. The summed E-state index contributed by atoms with van der Waals surface area (Å²) in [7, 11) is 0. The lowest BCUT2D eigenvalue weighted by molar-refractivity contribution is -0.146. The van der Waals surface area contributed by atoms with Gasteiger partial charge in [0.2, 0.25) is 0 Å². The first kappa shape index (κ1) is 15.7. The zero-order chi connectivity index (χ0) is 13.4. The molecule has 1 fully saturated rings. The number of nitrogens with one attached hydrogen (secondary N) is 1. The molecule has 1 aliphatic rings. The molecule has 0 unspecified atom stereocenters. The average molecular weight is 267 g/mol. The van der Waals surface area contributed by atoms with Crippen molar-refractivity contribution in [2.75, 3.05) is 52.4 Å². The van der Waals surface area contributed by atoms with Crippen molar-refractivity contribution in [2.45, 2.75) is 25.9 Å². The first-order valence-corrected chi connectivity index (χ1v) is 6.73. The van der Waals surface area contributed by atoms with E-state index in [0.29, 0.717) is 13.1 Å². The van der Waals surface area contributed by atoms with Crippen molar-refractivity contribution >= 4 is 0 Å². The van der Waals surface area contributed by atoms with E-state index in [2.05, 4.69) is 10.2 Å². The summed E-state index contributed by atoms with van der Waals surface area (Å²) in [5, 5.41) is 3.29. The summed E-state index contributed by atoms with van der Waals surface area (Å²) in [6.45, 7) is 6.76. The van der Waals surface area contributed by atoms with Gasteiger partial charge in [-0.15, -0.1) is 0 Å². The van der Waals surface area contributed by atoms with Gasteiger partial charge in [-0.25, -0.2) is 0 Å². The van der Waals surface area contributed by atoms with Crippen LogP contribution < -0.4 is 5.32 Å². The fourth-order valence-corrected chi connectivity index (χ4v) is 2.25. The Hall–Kier alpha value is -0.330. The maximum absolute atomic E-state index is 12.4. The van der Waals surface area contributed by atoms with Crippen molar-refractivity contribution in [1.29, 1.82) is 0 Å². The predicted molar refractivity (Wildman–Crippen MR) is 66.7 cm³/mol. The minimum atomic E-state index is -4.09. The van der Waals surface area contributed by atoms with E-state index in [1.807, 2.05) is 6.92 Å². The molecule has 108 valence electrons. The van der Waals surface area contributed by atoms with Crippen LogP contribution in [0.2, 0.25) is 0 Å². The van der Waals surface area contributed by atoms with Crippen molar-refractivity contribution in [3.63, 3.8) is 0 Å². The van der Waals surface area contributed by atoms with E-state index < -0.39 is 12.7 Å². The molecule has 0 bridgehead atoms. The van der Waals surface area contributed by atoms with Crippen molar-refractivity contribution < 1.29 is 13.2 Å². The third kappa shape index (κ3) is 7.18. The first-order valence-electron chi connectivity index (χ1n) is 6.73. The van der Waals surface area contributed by atoms with Crippen molar-refractivity contribution in [3.8, 4) is 0 Å². The molecule has 0 aromatic heterocycles. The lowest BCUT2D eigenvalue weighted by Gasteiger charge is -2.27. The SMILES string of the molecule is CCCN(CCN1CCCNCC1)CC(F)(F)F. The van der Waals surface area contributed by atoms with E-state index in [1.165, 1.54) is 4.90 Å². The lowest BCUT2D eigenvalue weighted by atomic mass is 10.3. The van der Waals surface area contributed by atoms with Crippen LogP contribution in [-0.2, 0) is 0 Å². The van der Waals surface area contributed by atoms with Crippen LogP contribution in [0.5, 0.6) is 0 Å². The summed E-state index contributed by atoms with van der Waals surface area (Å²) >= 11 is 0. The van der Waals surface area contributed by atoms with Crippen LogP contribution in [0.4, 0.5) is 13.2 Å². The summed E-state index contributed by atoms with van der Waals surface area (Å²) in [4.78, 5) is 3.76. The molecule has 0 aliphatic carbocycles. The van der Waals surface area contributed by atoms with E-state index in [-0.39, 0.29) is 0 Å². The largest absolute Gasteiger partial charge is 0.401 e. The second-order valence-electron chi connectivity index (χ2n) is 4.84. The smallest absolute Gasteiger partial charge is 0.315 e. The van der Waals surface area contributed by atoms with E-state index in [9.17, 15) is 13.2 Å². The standard InChI is InChI=1S/C12H24F3N3/c1-2-6-18(11-12(13,14)15)10-9-17-7-3-4-16-5-8-17/h16H,2-11H2,1H3. The summed E-state index contributed by atoms with van der Waals surface area (Å²) in [5.74, 6) is 0. The maximum atomic E-state index is 12.4. The van der Waals surface area contributed by atoms with Gasteiger partial charge in [0.05, 0.1) is 6.54 Å². The Bertz CT molecular complexity index is 213. The van der Waals surface area contributed by atoms with Crippen LogP contribution in [0.15, 0.2) is 0 Å². The Morgan fingerprint density at radius 2 is 1.94 bits per heavy atom. The molecule has 18 heavy (non-hydrogen) atoms. The molecule has 0 spiro atoms. The Morgan fingerprint density at radius 1 is 1.17 bits per heavy atom. The molecule has 1 saturated heterocycles. The van der Waals surface area contributed by atoms with Crippen molar-refractivity contribution in [2.24, 2.45) is 0 Å².